The van der Waals surface area contributed by atoms with Crippen molar-refractivity contribution in [2.75, 3.05) is 7.11 Å². The lowest BCUT2D eigenvalue weighted by atomic mass is 10.2. The molecule has 1 atom stereocenters. The summed E-state index contributed by atoms with van der Waals surface area (Å²) in [5.41, 5.74) is 2.18. The minimum atomic E-state index is -1.25. The molecule has 0 N–H and O–H groups in total. The van der Waals surface area contributed by atoms with Crippen LogP contribution in [-0.4, -0.2) is 15.3 Å². The van der Waals surface area contributed by atoms with E-state index in [0.29, 0.717) is 0 Å². The molecule has 1 aromatic heterocycles. The topological polar surface area (TPSA) is 31.2 Å². The van der Waals surface area contributed by atoms with Crippen molar-refractivity contribution in [1.82, 2.24) is 3.97 Å². The van der Waals surface area contributed by atoms with Gasteiger partial charge in [0.25, 0.3) is 0 Å². The molecule has 0 aliphatic carbocycles. The molecule has 3 nitrogen and oxygen atoms in total. The Kier molecular flexibility index (Phi) is 3.32. The average molecular weight is 285 g/mol. The fourth-order valence-electron chi connectivity index (χ4n) is 2.19. The van der Waals surface area contributed by atoms with E-state index in [0.717, 1.165) is 21.5 Å². The first kappa shape index (κ1) is 12.9. The monoisotopic (exact) mass is 285 g/mol. The number of aromatic nitrogens is 1. The van der Waals surface area contributed by atoms with Crippen LogP contribution in [0.4, 0.5) is 0 Å². The molecule has 20 heavy (non-hydrogen) atoms. The third kappa shape index (κ3) is 2.23. The summed E-state index contributed by atoms with van der Waals surface area (Å²) in [7, 11) is 0.373. The highest BCUT2D eigenvalue weighted by atomic mass is 32.2. The van der Waals surface area contributed by atoms with E-state index in [1.807, 2.05) is 48.7 Å². The number of aryl methyl sites for hydroxylation is 1. The van der Waals surface area contributed by atoms with Crippen LogP contribution in [0.1, 0.15) is 5.56 Å². The lowest BCUT2D eigenvalue weighted by molar-refractivity contribution is 0.414. The van der Waals surface area contributed by atoms with Gasteiger partial charge in [0, 0.05) is 11.6 Å². The molecular weight excluding hydrogens is 270 g/mol. The van der Waals surface area contributed by atoms with Gasteiger partial charge in [-0.3, -0.25) is 3.97 Å². The molecule has 0 fully saturated rings. The fraction of sp³-hybridized carbons (Fsp3) is 0.125. The van der Waals surface area contributed by atoms with E-state index < -0.39 is 11.0 Å². The fourth-order valence-corrected chi connectivity index (χ4v) is 3.30. The molecule has 4 heteroatoms. The summed E-state index contributed by atoms with van der Waals surface area (Å²) in [5, 5.41) is 1.10. The van der Waals surface area contributed by atoms with Gasteiger partial charge >= 0.3 is 0 Å². The van der Waals surface area contributed by atoms with Crippen LogP contribution < -0.4 is 4.74 Å². The van der Waals surface area contributed by atoms with E-state index in [-0.39, 0.29) is 0 Å². The highest BCUT2D eigenvalue weighted by Crippen LogP contribution is 2.22. The molecule has 0 bridgehead atoms. The lowest BCUT2D eigenvalue weighted by Crippen LogP contribution is -2.03. The molecule has 0 aliphatic rings. The van der Waals surface area contributed by atoms with E-state index in [1.165, 1.54) is 5.56 Å². The second-order valence-corrected chi connectivity index (χ2v) is 5.99. The SMILES string of the molecule is COc1ccc(S(=O)n2ccc3cc(C)ccc32)cc1. The highest BCUT2D eigenvalue weighted by molar-refractivity contribution is 7.83. The Morgan fingerprint density at radius 2 is 1.80 bits per heavy atom. The molecule has 102 valence electrons. The third-order valence-electron chi connectivity index (χ3n) is 3.25. The van der Waals surface area contributed by atoms with E-state index in [2.05, 4.69) is 13.0 Å². The number of methoxy groups -OCH3 is 1. The molecule has 1 unspecified atom stereocenters. The molecule has 0 saturated carbocycles. The molecule has 3 aromatic rings. The van der Waals surface area contributed by atoms with Gasteiger partial charge in [-0.2, -0.15) is 0 Å². The van der Waals surface area contributed by atoms with E-state index in [9.17, 15) is 4.21 Å². The van der Waals surface area contributed by atoms with Gasteiger partial charge in [-0.15, -0.1) is 0 Å². The summed E-state index contributed by atoms with van der Waals surface area (Å²) >= 11 is 0. The molecule has 3 rings (SSSR count). The van der Waals surface area contributed by atoms with Gasteiger partial charge in [0.15, 0.2) is 11.0 Å². The van der Waals surface area contributed by atoms with Crippen molar-refractivity contribution in [3.05, 3.63) is 60.3 Å². The van der Waals surface area contributed by atoms with Crippen molar-refractivity contribution in [3.63, 3.8) is 0 Å². The summed E-state index contributed by atoms with van der Waals surface area (Å²) < 4.78 is 19.5. The summed E-state index contributed by atoms with van der Waals surface area (Å²) in [6.07, 6.45) is 1.87. The van der Waals surface area contributed by atoms with Crippen LogP contribution in [0.2, 0.25) is 0 Å². The minimum absolute atomic E-state index is 0.754. The van der Waals surface area contributed by atoms with Crippen molar-refractivity contribution in [1.29, 1.82) is 0 Å². The van der Waals surface area contributed by atoms with Crippen molar-refractivity contribution in [2.45, 2.75) is 11.8 Å². The quantitative estimate of drug-likeness (QED) is 0.737. The Morgan fingerprint density at radius 3 is 2.50 bits per heavy atom. The number of fused-ring (bicyclic) bond motifs is 1. The number of rotatable bonds is 3. The highest BCUT2D eigenvalue weighted by Gasteiger charge is 2.10. The molecule has 0 saturated heterocycles. The van der Waals surface area contributed by atoms with Crippen molar-refractivity contribution in [3.8, 4) is 5.75 Å². The average Bonchev–Trinajstić information content (AvgIpc) is 2.89. The smallest absolute Gasteiger partial charge is 0.157 e. The van der Waals surface area contributed by atoms with Gasteiger partial charge in [0.2, 0.25) is 0 Å². The van der Waals surface area contributed by atoms with Crippen LogP contribution >= 0.6 is 0 Å². The number of nitrogens with zero attached hydrogens (tertiary/aromatic N) is 1. The van der Waals surface area contributed by atoms with Gasteiger partial charge in [-0.05, 0) is 49.4 Å². The zero-order chi connectivity index (χ0) is 14.1. The zero-order valence-electron chi connectivity index (χ0n) is 11.4. The maximum Gasteiger partial charge on any atom is 0.157 e. The van der Waals surface area contributed by atoms with Crippen LogP contribution in [0.25, 0.3) is 10.9 Å². The first-order valence-corrected chi connectivity index (χ1v) is 7.44. The predicted molar refractivity (Wildman–Crippen MR) is 81.5 cm³/mol. The van der Waals surface area contributed by atoms with Gasteiger partial charge < -0.3 is 4.74 Å². The molecule has 0 radical (unpaired) electrons. The zero-order valence-corrected chi connectivity index (χ0v) is 12.2. The maximum atomic E-state index is 12.6. The maximum absolute atomic E-state index is 12.6. The first-order valence-electron chi connectivity index (χ1n) is 6.33. The standard InChI is InChI=1S/C16H15NO2S/c1-12-3-8-16-13(11-12)9-10-17(16)20(18)15-6-4-14(19-2)5-7-15/h3-11H,1-2H3. The number of ether oxygens (including phenoxy) is 1. The van der Waals surface area contributed by atoms with Gasteiger partial charge in [0.1, 0.15) is 5.75 Å². The number of hydrogen-bond donors (Lipinski definition) is 0. The van der Waals surface area contributed by atoms with Gasteiger partial charge in [-0.25, -0.2) is 4.21 Å². The van der Waals surface area contributed by atoms with Crippen molar-refractivity contribution >= 4 is 21.9 Å². The largest absolute Gasteiger partial charge is 0.497 e. The Labute approximate surface area is 120 Å². The third-order valence-corrected chi connectivity index (χ3v) is 4.60. The van der Waals surface area contributed by atoms with Crippen LogP contribution in [-0.2, 0) is 11.0 Å². The molecule has 0 spiro atoms. The Morgan fingerprint density at radius 1 is 1.05 bits per heavy atom. The summed E-state index contributed by atoms with van der Waals surface area (Å²) in [4.78, 5) is 0.754. The van der Waals surface area contributed by atoms with E-state index in [4.69, 9.17) is 4.74 Å². The van der Waals surface area contributed by atoms with Gasteiger partial charge in [0.05, 0.1) is 17.5 Å². The van der Waals surface area contributed by atoms with E-state index >= 15 is 0 Å². The lowest BCUT2D eigenvalue weighted by Gasteiger charge is -2.06. The first-order chi connectivity index (χ1) is 9.69. The Balaban J connectivity index is 2.03. The molecule has 0 amide bonds. The molecule has 2 aromatic carbocycles. The molecule has 1 heterocycles. The second-order valence-electron chi connectivity index (χ2n) is 4.63. The van der Waals surface area contributed by atoms with Crippen LogP contribution in [0.3, 0.4) is 0 Å². The number of benzene rings is 2. The molecular formula is C16H15NO2S. The Hall–Kier alpha value is -2.07. The number of hydrogen-bond acceptors (Lipinski definition) is 2. The van der Waals surface area contributed by atoms with Gasteiger partial charge in [-0.1, -0.05) is 11.6 Å². The summed E-state index contributed by atoms with van der Waals surface area (Å²) in [5.74, 6) is 0.763. The Bertz CT molecular complexity index is 775. The second kappa shape index (κ2) is 5.13. The van der Waals surface area contributed by atoms with Crippen molar-refractivity contribution in [2.24, 2.45) is 0 Å². The minimum Gasteiger partial charge on any atom is -0.497 e. The van der Waals surface area contributed by atoms with Crippen molar-refractivity contribution < 1.29 is 8.95 Å². The van der Waals surface area contributed by atoms with Crippen LogP contribution in [0, 0.1) is 6.92 Å². The van der Waals surface area contributed by atoms with Crippen LogP contribution in [0.5, 0.6) is 5.75 Å². The normalized spacial score (nSPS) is 12.5. The summed E-state index contributed by atoms with van der Waals surface area (Å²) in [6, 6.07) is 15.4. The molecule has 0 aliphatic heterocycles. The predicted octanol–water partition coefficient (Wildman–Crippen LogP) is 3.53. The summed E-state index contributed by atoms with van der Waals surface area (Å²) in [6.45, 7) is 2.05. The van der Waals surface area contributed by atoms with Crippen LogP contribution in [0.15, 0.2) is 59.6 Å². The van der Waals surface area contributed by atoms with E-state index in [1.54, 1.807) is 11.1 Å².